The quantitative estimate of drug-likeness (QED) is 0.131. The lowest BCUT2D eigenvalue weighted by Crippen LogP contribution is -2.56. The van der Waals surface area contributed by atoms with Crippen molar-refractivity contribution < 1.29 is 41.1 Å². The van der Waals surface area contributed by atoms with E-state index in [1.807, 2.05) is 18.2 Å². The molecule has 13 nitrogen and oxygen atoms in total. The molecule has 2 saturated heterocycles. The predicted molar refractivity (Wildman–Crippen MR) is 229 cm³/mol. The zero-order valence-corrected chi connectivity index (χ0v) is 37.5. The van der Waals surface area contributed by atoms with Gasteiger partial charge in [0.15, 0.2) is 5.82 Å². The first-order valence-electron chi connectivity index (χ1n) is 21.2. The molecule has 0 radical (unpaired) electrons. The standard InChI is InChI=1S/C43H59F5N9O4P/c1-21(2)34(53-38(58)23(5)49-7)40(60)56-19-42(45,46)16-26(56)14-30-29-11-10-28(62)15-31(29)51-36(30)37-52-32-13-25(44)9-12-33(32)55(37)18-27-17-43(47,48)20-57(27)41(61)35(22(3)4)54-39(59)24(6)50-8/h9-13,15,21-24,26-27,31,33-35,49-51H,14,16-20,62H2,1-8H3,(H,53,58)(H,54,59)/t23-,24-,26+,27-,31?,33?,34-,35-/m0/s1. The van der Waals surface area contributed by atoms with Gasteiger partial charge in [-0.15, -0.1) is 9.24 Å². The summed E-state index contributed by atoms with van der Waals surface area (Å²) in [5.74, 6) is -9.96. The molecule has 0 saturated carbocycles. The van der Waals surface area contributed by atoms with E-state index in [1.54, 1.807) is 66.6 Å². The summed E-state index contributed by atoms with van der Waals surface area (Å²) in [5, 5.41) is 15.4. The Morgan fingerprint density at radius 2 is 1.37 bits per heavy atom. The Hall–Kier alpha value is -4.41. The van der Waals surface area contributed by atoms with Gasteiger partial charge in [0, 0.05) is 25.4 Å². The molecule has 6 rings (SSSR count). The molecule has 0 spiro atoms. The van der Waals surface area contributed by atoms with E-state index in [9.17, 15) is 23.6 Å². The third kappa shape index (κ3) is 9.86. The van der Waals surface area contributed by atoms with Crippen LogP contribution >= 0.6 is 9.24 Å². The number of hydrogen-bond acceptors (Lipinski definition) is 9. The molecule has 19 heteroatoms. The zero-order valence-electron chi connectivity index (χ0n) is 36.4. The highest BCUT2D eigenvalue weighted by Crippen LogP contribution is 2.44. The van der Waals surface area contributed by atoms with Gasteiger partial charge in [0.25, 0.3) is 11.8 Å². The zero-order chi connectivity index (χ0) is 45.6. The first-order chi connectivity index (χ1) is 29.0. The van der Waals surface area contributed by atoms with Crippen LogP contribution in [0.2, 0.25) is 0 Å². The van der Waals surface area contributed by atoms with E-state index in [1.165, 1.54) is 12.2 Å². The first kappa shape index (κ1) is 47.1. The molecular weight excluding hydrogens is 832 g/mol. The van der Waals surface area contributed by atoms with Crippen LogP contribution in [0.3, 0.4) is 0 Å². The van der Waals surface area contributed by atoms with E-state index in [4.69, 9.17) is 4.99 Å². The summed E-state index contributed by atoms with van der Waals surface area (Å²) in [6.45, 7) is 8.21. The van der Waals surface area contributed by atoms with Gasteiger partial charge >= 0.3 is 0 Å². The summed E-state index contributed by atoms with van der Waals surface area (Å²) in [6, 6.07) is -6.78. The third-order valence-corrected chi connectivity index (χ3v) is 12.9. The summed E-state index contributed by atoms with van der Waals surface area (Å²) >= 11 is 0. The smallest absolute Gasteiger partial charge is 0.267 e. The van der Waals surface area contributed by atoms with Gasteiger partial charge in [-0.2, -0.15) is 0 Å². The molecule has 4 heterocycles. The van der Waals surface area contributed by atoms with E-state index in [-0.39, 0.29) is 24.5 Å². The van der Waals surface area contributed by atoms with Crippen molar-refractivity contribution in [2.75, 3.05) is 33.7 Å². The Morgan fingerprint density at radius 3 is 1.90 bits per heavy atom. The molecule has 2 fully saturated rings. The monoisotopic (exact) mass is 891 g/mol. The number of nitrogens with zero attached hydrogens (tertiary/aromatic N) is 4. The largest absolute Gasteiger partial charge is 0.371 e. The van der Waals surface area contributed by atoms with Crippen LogP contribution in [0.15, 0.2) is 75.3 Å². The first-order valence-corrected chi connectivity index (χ1v) is 21.7. The number of likely N-dealkylation sites (N-methyl/N-ethyl adjacent to an activating group) is 2. The van der Waals surface area contributed by atoms with Crippen molar-refractivity contribution in [1.29, 1.82) is 0 Å². The number of carbonyl (C=O) groups excluding carboxylic acids is 4. The molecule has 5 N–H and O–H groups in total. The van der Waals surface area contributed by atoms with Gasteiger partial charge in [0.05, 0.1) is 54.7 Å². The van der Waals surface area contributed by atoms with Gasteiger partial charge in [-0.1, -0.05) is 52.0 Å². The van der Waals surface area contributed by atoms with Crippen LogP contribution in [0.25, 0.3) is 0 Å². The van der Waals surface area contributed by atoms with Crippen molar-refractivity contribution in [3.05, 3.63) is 70.3 Å². The van der Waals surface area contributed by atoms with E-state index < -0.39 is 127 Å². The van der Waals surface area contributed by atoms with Crippen molar-refractivity contribution in [2.45, 2.75) is 121 Å². The lowest BCUT2D eigenvalue weighted by molar-refractivity contribution is -0.140. The lowest BCUT2D eigenvalue weighted by atomic mass is 9.93. The second-order valence-corrected chi connectivity index (χ2v) is 18.5. The van der Waals surface area contributed by atoms with Gasteiger partial charge in [-0.3, -0.25) is 19.2 Å². The molecule has 4 aliphatic heterocycles. The molecule has 0 bridgehead atoms. The van der Waals surface area contributed by atoms with Crippen LogP contribution in [0.4, 0.5) is 22.0 Å². The minimum Gasteiger partial charge on any atom is -0.371 e. The normalized spacial score (nSPS) is 28.0. The molecule has 4 amide bonds. The Kier molecular flexibility index (Phi) is 13.9. The molecule has 62 heavy (non-hydrogen) atoms. The number of carbonyl (C=O) groups is 4. The fraction of sp³-hybridized carbons (Fsp3) is 0.605. The highest BCUT2D eigenvalue weighted by atomic mass is 31.0. The molecule has 0 aromatic heterocycles. The van der Waals surface area contributed by atoms with Crippen LogP contribution in [0.5, 0.6) is 0 Å². The second kappa shape index (κ2) is 18.4. The minimum atomic E-state index is -3.27. The van der Waals surface area contributed by atoms with Crippen molar-refractivity contribution in [2.24, 2.45) is 16.8 Å². The van der Waals surface area contributed by atoms with Crippen molar-refractivity contribution >= 4 is 38.6 Å². The molecule has 3 unspecified atom stereocenters. The summed E-state index contributed by atoms with van der Waals surface area (Å²) in [6.07, 6.45) is 8.25. The highest BCUT2D eigenvalue weighted by molar-refractivity contribution is 7.22. The topological polar surface area (TPSA) is 151 Å². The highest BCUT2D eigenvalue weighted by Gasteiger charge is 2.52. The van der Waals surface area contributed by atoms with Gasteiger partial charge in [0.2, 0.25) is 23.6 Å². The van der Waals surface area contributed by atoms with E-state index >= 15 is 17.6 Å². The number of likely N-dealkylation sites (tertiary alicyclic amines) is 2. The summed E-state index contributed by atoms with van der Waals surface area (Å²) in [5.41, 5.74) is 1.94. The second-order valence-electron chi connectivity index (χ2n) is 17.8. The summed E-state index contributed by atoms with van der Waals surface area (Å²) < 4.78 is 77.0. The van der Waals surface area contributed by atoms with Gasteiger partial charge in [-0.05, 0) is 74.8 Å². The number of nitrogens with one attached hydrogen (secondary N) is 5. The van der Waals surface area contributed by atoms with Crippen LogP contribution in [-0.2, 0) is 19.2 Å². The Labute approximate surface area is 362 Å². The average Bonchev–Trinajstić information content (AvgIpc) is 3.92. The van der Waals surface area contributed by atoms with Crippen molar-refractivity contribution in [3.63, 3.8) is 0 Å². The fourth-order valence-corrected chi connectivity index (χ4v) is 9.09. The van der Waals surface area contributed by atoms with Crippen LogP contribution in [-0.4, -0.2) is 138 Å². The van der Waals surface area contributed by atoms with Gasteiger partial charge < -0.3 is 41.3 Å². The van der Waals surface area contributed by atoms with Crippen LogP contribution < -0.4 is 26.6 Å². The third-order valence-electron chi connectivity index (χ3n) is 12.5. The Balaban J connectivity index is 1.39. The minimum absolute atomic E-state index is 0.0641. The molecule has 9 atom stereocenters. The number of hydrogen-bond donors (Lipinski definition) is 5. The average molecular weight is 892 g/mol. The summed E-state index contributed by atoms with van der Waals surface area (Å²) in [7, 11) is 5.80. The van der Waals surface area contributed by atoms with Gasteiger partial charge in [-0.25, -0.2) is 26.9 Å². The fourth-order valence-electron chi connectivity index (χ4n) is 8.80. The number of amides is 4. The summed E-state index contributed by atoms with van der Waals surface area (Å²) in [4.78, 5) is 63.1. The molecule has 6 aliphatic rings. The number of halogens is 5. The number of rotatable bonds is 14. The maximum absolute atomic E-state index is 15.5. The van der Waals surface area contributed by atoms with Crippen molar-refractivity contribution in [3.8, 4) is 0 Å². The molecule has 340 valence electrons. The lowest BCUT2D eigenvalue weighted by Gasteiger charge is -2.35. The molecule has 0 aromatic rings. The Bertz CT molecular complexity index is 2050. The number of fused-ring (bicyclic) bond motifs is 2. The SMILES string of the molecule is CN[C@@H](C)C(=O)N[C@H](C(=O)N1CC(F)(F)C[C@H]1CC1=C2C=CC(P)=CC2NC1=C1N=C2C=C(F)C=CC2N1C[C@@H]1CC(F)(F)CN1C(=O)[C@@H](NC(=O)[C@H](C)NC)C(C)C)C(C)C. The Morgan fingerprint density at radius 1 is 0.839 bits per heavy atom. The number of alkyl halides is 4. The molecule has 2 aliphatic carbocycles. The van der Waals surface area contributed by atoms with Gasteiger partial charge in [0.1, 0.15) is 17.9 Å². The van der Waals surface area contributed by atoms with Crippen LogP contribution in [0.1, 0.15) is 60.8 Å². The number of allylic oxidation sites excluding steroid dienone is 5. The maximum Gasteiger partial charge on any atom is 0.267 e. The van der Waals surface area contributed by atoms with E-state index in [2.05, 4.69) is 35.8 Å². The van der Waals surface area contributed by atoms with Crippen molar-refractivity contribution in [1.82, 2.24) is 41.3 Å². The predicted octanol–water partition coefficient (Wildman–Crippen LogP) is 3.66. The maximum atomic E-state index is 15.5. The number of aliphatic imine (C=N–C) groups is 1. The molecular formula is C43H59F5N9O4P. The van der Waals surface area contributed by atoms with E-state index in [0.717, 1.165) is 20.7 Å². The van der Waals surface area contributed by atoms with Crippen LogP contribution in [0, 0.1) is 11.8 Å². The molecule has 0 aromatic carbocycles. The van der Waals surface area contributed by atoms with E-state index in [0.29, 0.717) is 11.3 Å².